The largest absolute Gasteiger partial charge is 0.472 e. The second-order valence-corrected chi connectivity index (χ2v) is 5.45. The molecule has 0 radical (unpaired) electrons. The fraction of sp³-hybridized carbons (Fsp3) is 0.176. The van der Waals surface area contributed by atoms with Gasteiger partial charge in [-0.15, -0.1) is 0 Å². The Morgan fingerprint density at radius 2 is 2.12 bits per heavy atom. The standard InChI is InChI=1S/C17H13N3O5/c21-20(22)13-5-11-7-23-10-25-16(11)12(6-13)8-24-17-14-3-1-2-4-15(14)18-9-19-17/h1-6,9H,7-8,10H2. The topological polar surface area (TPSA) is 96.6 Å². The van der Waals surface area contributed by atoms with Crippen LogP contribution in [0.4, 0.5) is 5.69 Å². The average molecular weight is 339 g/mol. The number of hydrogen-bond acceptors (Lipinski definition) is 7. The Kier molecular flexibility index (Phi) is 3.87. The molecule has 0 atom stereocenters. The molecule has 2 heterocycles. The number of nitro benzene ring substituents is 1. The summed E-state index contributed by atoms with van der Waals surface area (Å²) in [6, 6.07) is 10.4. The van der Waals surface area contributed by atoms with Crippen LogP contribution in [0.1, 0.15) is 11.1 Å². The van der Waals surface area contributed by atoms with Crippen LogP contribution in [0, 0.1) is 10.1 Å². The van der Waals surface area contributed by atoms with E-state index in [0.717, 1.165) is 10.9 Å². The van der Waals surface area contributed by atoms with Crippen molar-refractivity contribution in [3.63, 3.8) is 0 Å². The van der Waals surface area contributed by atoms with Crippen molar-refractivity contribution in [2.24, 2.45) is 0 Å². The van der Waals surface area contributed by atoms with E-state index in [1.54, 1.807) is 0 Å². The van der Waals surface area contributed by atoms with E-state index in [0.29, 0.717) is 22.8 Å². The molecule has 0 N–H and O–H groups in total. The lowest BCUT2D eigenvalue weighted by atomic mass is 10.1. The van der Waals surface area contributed by atoms with Crippen LogP contribution in [-0.4, -0.2) is 21.7 Å². The van der Waals surface area contributed by atoms with Crippen LogP contribution in [0.5, 0.6) is 11.6 Å². The molecule has 1 aliphatic heterocycles. The monoisotopic (exact) mass is 339 g/mol. The Balaban J connectivity index is 1.68. The maximum atomic E-state index is 11.2. The lowest BCUT2D eigenvalue weighted by Gasteiger charge is -2.20. The maximum absolute atomic E-state index is 11.2. The van der Waals surface area contributed by atoms with Crippen molar-refractivity contribution in [2.45, 2.75) is 13.2 Å². The number of non-ortho nitro benzene ring substituents is 1. The number of nitrogens with zero attached hydrogens (tertiary/aromatic N) is 3. The first-order valence-corrected chi connectivity index (χ1v) is 7.55. The molecule has 0 aliphatic carbocycles. The number of nitro groups is 1. The molecule has 0 unspecified atom stereocenters. The van der Waals surface area contributed by atoms with Gasteiger partial charge in [0.2, 0.25) is 5.88 Å². The summed E-state index contributed by atoms with van der Waals surface area (Å²) in [6.45, 7) is 0.458. The van der Waals surface area contributed by atoms with Crippen molar-refractivity contribution < 1.29 is 19.1 Å². The van der Waals surface area contributed by atoms with E-state index in [9.17, 15) is 10.1 Å². The summed E-state index contributed by atoms with van der Waals surface area (Å²) in [4.78, 5) is 19.0. The molecule has 0 spiro atoms. The molecule has 3 aromatic rings. The molecule has 126 valence electrons. The second-order valence-electron chi connectivity index (χ2n) is 5.45. The summed E-state index contributed by atoms with van der Waals surface area (Å²) < 4.78 is 16.5. The first kappa shape index (κ1) is 15.3. The van der Waals surface area contributed by atoms with Gasteiger partial charge in [0.1, 0.15) is 18.7 Å². The molecule has 0 fully saturated rings. The summed E-state index contributed by atoms with van der Waals surface area (Å²) in [5, 5.41) is 11.9. The van der Waals surface area contributed by atoms with Crippen molar-refractivity contribution in [2.75, 3.05) is 6.79 Å². The number of ether oxygens (including phenoxy) is 3. The normalized spacial score (nSPS) is 13.1. The van der Waals surface area contributed by atoms with Crippen molar-refractivity contribution in [3.8, 4) is 11.6 Å². The van der Waals surface area contributed by atoms with Crippen LogP contribution < -0.4 is 9.47 Å². The lowest BCUT2D eigenvalue weighted by molar-refractivity contribution is -0.385. The van der Waals surface area contributed by atoms with E-state index < -0.39 is 4.92 Å². The van der Waals surface area contributed by atoms with Gasteiger partial charge in [0.25, 0.3) is 5.69 Å². The van der Waals surface area contributed by atoms with Crippen LogP contribution in [0.2, 0.25) is 0 Å². The number of fused-ring (bicyclic) bond motifs is 2. The predicted octanol–water partition coefficient (Wildman–Crippen LogP) is 2.98. The molecule has 2 aromatic carbocycles. The minimum atomic E-state index is -0.446. The molecule has 8 heteroatoms. The van der Waals surface area contributed by atoms with Gasteiger partial charge < -0.3 is 14.2 Å². The highest BCUT2D eigenvalue weighted by atomic mass is 16.7. The molecule has 1 aliphatic rings. The lowest BCUT2D eigenvalue weighted by Crippen LogP contribution is -2.14. The third-order valence-corrected chi connectivity index (χ3v) is 3.85. The van der Waals surface area contributed by atoms with Crippen LogP contribution in [0.25, 0.3) is 10.9 Å². The zero-order chi connectivity index (χ0) is 17.2. The number of hydrogen-bond donors (Lipinski definition) is 0. The molecule has 1 aromatic heterocycles. The summed E-state index contributed by atoms with van der Waals surface area (Å²) in [6.07, 6.45) is 1.42. The smallest absolute Gasteiger partial charge is 0.270 e. The number of benzene rings is 2. The van der Waals surface area contributed by atoms with E-state index in [1.165, 1.54) is 18.5 Å². The van der Waals surface area contributed by atoms with Gasteiger partial charge in [-0.25, -0.2) is 9.97 Å². The van der Waals surface area contributed by atoms with E-state index in [4.69, 9.17) is 14.2 Å². The number of rotatable bonds is 4. The van der Waals surface area contributed by atoms with Gasteiger partial charge in [0.05, 0.1) is 22.4 Å². The highest BCUT2D eigenvalue weighted by Crippen LogP contribution is 2.33. The van der Waals surface area contributed by atoms with Crippen LogP contribution in [-0.2, 0) is 18.0 Å². The molecule has 0 saturated carbocycles. The van der Waals surface area contributed by atoms with Gasteiger partial charge >= 0.3 is 0 Å². The average Bonchev–Trinajstić information content (AvgIpc) is 2.65. The maximum Gasteiger partial charge on any atom is 0.270 e. The van der Waals surface area contributed by atoms with Gasteiger partial charge in [0.15, 0.2) is 6.79 Å². The Morgan fingerprint density at radius 1 is 1.24 bits per heavy atom. The van der Waals surface area contributed by atoms with E-state index >= 15 is 0 Å². The Morgan fingerprint density at radius 3 is 3.00 bits per heavy atom. The number of para-hydroxylation sites is 1. The van der Waals surface area contributed by atoms with Crippen LogP contribution >= 0.6 is 0 Å². The molecule has 25 heavy (non-hydrogen) atoms. The quantitative estimate of drug-likeness (QED) is 0.532. The highest BCUT2D eigenvalue weighted by Gasteiger charge is 2.21. The van der Waals surface area contributed by atoms with Gasteiger partial charge in [0, 0.05) is 23.3 Å². The highest BCUT2D eigenvalue weighted by molar-refractivity contribution is 5.82. The summed E-state index contributed by atoms with van der Waals surface area (Å²) >= 11 is 0. The zero-order valence-corrected chi connectivity index (χ0v) is 13.0. The summed E-state index contributed by atoms with van der Waals surface area (Å²) in [5.41, 5.74) is 1.94. The molecule has 8 nitrogen and oxygen atoms in total. The third kappa shape index (κ3) is 2.94. The molecule has 4 rings (SSSR count). The first-order valence-electron chi connectivity index (χ1n) is 7.55. The molecule has 0 amide bonds. The van der Waals surface area contributed by atoms with Crippen molar-refractivity contribution >= 4 is 16.6 Å². The van der Waals surface area contributed by atoms with Crippen LogP contribution in [0.15, 0.2) is 42.7 Å². The Hall–Kier alpha value is -3.26. The first-order chi connectivity index (χ1) is 12.2. The van der Waals surface area contributed by atoms with Crippen LogP contribution in [0.3, 0.4) is 0 Å². The minimum Gasteiger partial charge on any atom is -0.472 e. The van der Waals surface area contributed by atoms with Crippen molar-refractivity contribution in [3.05, 3.63) is 64.0 Å². The minimum absolute atomic E-state index is 0.0287. The molecule has 0 saturated heterocycles. The molecular weight excluding hydrogens is 326 g/mol. The zero-order valence-electron chi connectivity index (χ0n) is 13.0. The van der Waals surface area contributed by atoms with E-state index in [-0.39, 0.29) is 25.7 Å². The van der Waals surface area contributed by atoms with E-state index in [2.05, 4.69) is 9.97 Å². The second kappa shape index (κ2) is 6.33. The fourth-order valence-corrected chi connectivity index (χ4v) is 2.73. The summed E-state index contributed by atoms with van der Waals surface area (Å²) in [7, 11) is 0. The molecular formula is C17H13N3O5. The predicted molar refractivity (Wildman–Crippen MR) is 87.3 cm³/mol. The van der Waals surface area contributed by atoms with Gasteiger partial charge in [-0.3, -0.25) is 10.1 Å². The Labute approximate surface area is 142 Å². The molecule has 0 bridgehead atoms. The van der Waals surface area contributed by atoms with E-state index in [1.807, 2.05) is 24.3 Å². The summed E-state index contributed by atoms with van der Waals surface area (Å²) in [5.74, 6) is 0.980. The van der Waals surface area contributed by atoms with Crippen molar-refractivity contribution in [1.29, 1.82) is 0 Å². The van der Waals surface area contributed by atoms with Crippen molar-refractivity contribution in [1.82, 2.24) is 9.97 Å². The SMILES string of the molecule is O=[N+]([O-])c1cc2c(c(COc3ncnc4ccccc34)c1)OCOC2. The van der Waals surface area contributed by atoms with Gasteiger partial charge in [-0.1, -0.05) is 12.1 Å². The van der Waals surface area contributed by atoms with Gasteiger partial charge in [-0.2, -0.15) is 0 Å². The third-order valence-electron chi connectivity index (χ3n) is 3.85. The number of aromatic nitrogens is 2. The fourth-order valence-electron chi connectivity index (χ4n) is 2.73. The Bertz CT molecular complexity index is 955. The van der Waals surface area contributed by atoms with Gasteiger partial charge in [-0.05, 0) is 12.1 Å².